The zero-order valence-corrected chi connectivity index (χ0v) is 21.2. The lowest BCUT2D eigenvalue weighted by Crippen LogP contribution is -2.17. The highest BCUT2D eigenvalue weighted by Crippen LogP contribution is 2.44. The van der Waals surface area contributed by atoms with Gasteiger partial charge in [-0.05, 0) is 40.7 Å². The summed E-state index contributed by atoms with van der Waals surface area (Å²) in [7, 11) is 1.67. The maximum absolute atomic E-state index is 12.1. The predicted molar refractivity (Wildman–Crippen MR) is 141 cm³/mol. The summed E-state index contributed by atoms with van der Waals surface area (Å²) < 4.78 is 12.2. The number of ether oxygens (including phenoxy) is 2. The molecule has 2 atom stereocenters. The SMILES string of the molecule is CC=Cc1ccc(OCc2ccccc2)c(OC)c1C(c1ccc(C(C)(C)C)cc1)C(C)C=O. The fourth-order valence-electron chi connectivity index (χ4n) is 4.30. The van der Waals surface area contributed by atoms with Crippen LogP contribution in [0.5, 0.6) is 11.5 Å². The molecule has 178 valence electrons. The van der Waals surface area contributed by atoms with E-state index in [-0.39, 0.29) is 17.3 Å². The topological polar surface area (TPSA) is 35.5 Å². The summed E-state index contributed by atoms with van der Waals surface area (Å²) >= 11 is 0. The molecule has 3 aromatic rings. The molecule has 0 spiro atoms. The van der Waals surface area contributed by atoms with Gasteiger partial charge in [-0.3, -0.25) is 0 Å². The van der Waals surface area contributed by atoms with E-state index >= 15 is 0 Å². The number of carbonyl (C=O) groups excluding carboxylic acids is 1. The van der Waals surface area contributed by atoms with Crippen LogP contribution in [0.1, 0.15) is 68.4 Å². The van der Waals surface area contributed by atoms with Crippen molar-refractivity contribution in [3.8, 4) is 11.5 Å². The summed E-state index contributed by atoms with van der Waals surface area (Å²) in [6.45, 7) is 11.0. The molecule has 2 unspecified atom stereocenters. The maximum Gasteiger partial charge on any atom is 0.165 e. The van der Waals surface area contributed by atoms with Crippen LogP contribution in [0.25, 0.3) is 6.08 Å². The lowest BCUT2D eigenvalue weighted by molar-refractivity contribution is -0.111. The second-order valence-electron chi connectivity index (χ2n) is 9.72. The van der Waals surface area contributed by atoms with Crippen LogP contribution in [0.15, 0.2) is 72.8 Å². The average molecular weight is 457 g/mol. The van der Waals surface area contributed by atoms with Gasteiger partial charge in [0.1, 0.15) is 12.9 Å². The highest BCUT2D eigenvalue weighted by atomic mass is 16.5. The third kappa shape index (κ3) is 5.77. The van der Waals surface area contributed by atoms with Crippen molar-refractivity contribution in [2.24, 2.45) is 5.92 Å². The summed E-state index contributed by atoms with van der Waals surface area (Å²) in [4.78, 5) is 12.1. The van der Waals surface area contributed by atoms with Gasteiger partial charge in [0, 0.05) is 17.4 Å². The van der Waals surface area contributed by atoms with Crippen molar-refractivity contribution in [3.63, 3.8) is 0 Å². The number of hydrogen-bond donors (Lipinski definition) is 0. The Morgan fingerprint density at radius 1 is 0.941 bits per heavy atom. The molecule has 0 saturated carbocycles. The van der Waals surface area contributed by atoms with E-state index in [1.807, 2.05) is 62.4 Å². The van der Waals surface area contributed by atoms with Crippen LogP contribution in [0, 0.1) is 5.92 Å². The summed E-state index contributed by atoms with van der Waals surface area (Å²) in [5.74, 6) is 0.921. The van der Waals surface area contributed by atoms with Gasteiger partial charge in [0.25, 0.3) is 0 Å². The van der Waals surface area contributed by atoms with Crippen LogP contribution in [-0.4, -0.2) is 13.4 Å². The fraction of sp³-hybridized carbons (Fsp3) is 0.323. The van der Waals surface area contributed by atoms with E-state index in [0.717, 1.165) is 28.5 Å². The molecule has 0 fully saturated rings. The van der Waals surface area contributed by atoms with Crippen LogP contribution in [0.3, 0.4) is 0 Å². The first-order chi connectivity index (χ1) is 16.3. The van der Waals surface area contributed by atoms with Crippen molar-refractivity contribution < 1.29 is 14.3 Å². The van der Waals surface area contributed by atoms with Crippen molar-refractivity contribution in [2.75, 3.05) is 7.11 Å². The molecule has 3 rings (SSSR count). The lowest BCUT2D eigenvalue weighted by Gasteiger charge is -2.27. The maximum atomic E-state index is 12.1. The van der Waals surface area contributed by atoms with Gasteiger partial charge >= 0.3 is 0 Å². The van der Waals surface area contributed by atoms with Gasteiger partial charge in [-0.2, -0.15) is 0 Å². The standard InChI is InChI=1S/C31H36O3/c1-7-11-24-16-19-27(34-21-23-12-9-8-10-13-23)30(33-6)29(24)28(22(2)20-32)25-14-17-26(18-15-25)31(3,4)5/h7-20,22,28H,21H2,1-6H3. The number of benzene rings is 3. The first kappa shape index (κ1) is 25.3. The average Bonchev–Trinajstić information content (AvgIpc) is 2.84. The number of methoxy groups -OCH3 is 1. The minimum absolute atomic E-state index is 0.0588. The monoisotopic (exact) mass is 456 g/mol. The number of hydrogen-bond acceptors (Lipinski definition) is 3. The summed E-state index contributed by atoms with van der Waals surface area (Å²) in [6.07, 6.45) is 5.10. The molecule has 0 saturated heterocycles. The highest BCUT2D eigenvalue weighted by molar-refractivity contribution is 5.68. The number of aldehydes is 1. The Morgan fingerprint density at radius 3 is 2.18 bits per heavy atom. The summed E-state index contributed by atoms with van der Waals surface area (Å²) in [5, 5.41) is 0. The van der Waals surface area contributed by atoms with E-state index < -0.39 is 0 Å². The van der Waals surface area contributed by atoms with Gasteiger partial charge in [-0.25, -0.2) is 0 Å². The Bertz CT molecular complexity index is 1110. The molecule has 34 heavy (non-hydrogen) atoms. The third-order valence-electron chi connectivity index (χ3n) is 6.17. The zero-order chi connectivity index (χ0) is 24.7. The molecular formula is C31H36O3. The molecule has 0 aromatic heterocycles. The molecule has 3 aromatic carbocycles. The van der Waals surface area contributed by atoms with Gasteiger partial charge in [0.05, 0.1) is 7.11 Å². The van der Waals surface area contributed by atoms with Crippen molar-refractivity contribution in [1.29, 1.82) is 0 Å². The molecule has 0 bridgehead atoms. The van der Waals surface area contributed by atoms with Crippen molar-refractivity contribution in [2.45, 2.75) is 52.6 Å². The highest BCUT2D eigenvalue weighted by Gasteiger charge is 2.29. The lowest BCUT2D eigenvalue weighted by atomic mass is 9.78. The number of allylic oxidation sites excluding steroid dienone is 1. The molecular weight excluding hydrogens is 420 g/mol. The van der Waals surface area contributed by atoms with E-state index in [0.29, 0.717) is 18.1 Å². The fourth-order valence-corrected chi connectivity index (χ4v) is 4.30. The van der Waals surface area contributed by atoms with Crippen molar-refractivity contribution in [1.82, 2.24) is 0 Å². The third-order valence-corrected chi connectivity index (χ3v) is 6.17. The molecule has 0 aliphatic rings. The Hall–Kier alpha value is -3.33. The molecule has 0 aliphatic carbocycles. The first-order valence-corrected chi connectivity index (χ1v) is 11.9. The predicted octanol–water partition coefficient (Wildman–Crippen LogP) is 7.57. The van der Waals surface area contributed by atoms with Crippen LogP contribution in [0.4, 0.5) is 0 Å². The first-order valence-electron chi connectivity index (χ1n) is 11.9. The molecule has 0 radical (unpaired) electrons. The molecule has 3 heteroatoms. The number of carbonyl (C=O) groups is 1. The van der Waals surface area contributed by atoms with Gasteiger partial charge in [-0.1, -0.05) is 101 Å². The van der Waals surface area contributed by atoms with Gasteiger partial charge in [0.15, 0.2) is 11.5 Å². The van der Waals surface area contributed by atoms with Crippen LogP contribution in [0.2, 0.25) is 0 Å². The van der Waals surface area contributed by atoms with Crippen LogP contribution >= 0.6 is 0 Å². The second kappa shape index (κ2) is 11.2. The quantitative estimate of drug-likeness (QED) is 0.311. The van der Waals surface area contributed by atoms with E-state index in [2.05, 4.69) is 51.1 Å². The van der Waals surface area contributed by atoms with Crippen LogP contribution < -0.4 is 9.47 Å². The largest absolute Gasteiger partial charge is 0.493 e. The Labute approximate surface area is 204 Å². The van der Waals surface area contributed by atoms with Gasteiger partial charge in [0.2, 0.25) is 0 Å². The Morgan fingerprint density at radius 2 is 1.62 bits per heavy atom. The molecule has 0 amide bonds. The van der Waals surface area contributed by atoms with Crippen molar-refractivity contribution >= 4 is 12.4 Å². The van der Waals surface area contributed by atoms with E-state index in [1.165, 1.54) is 5.56 Å². The molecule has 3 nitrogen and oxygen atoms in total. The summed E-state index contributed by atoms with van der Waals surface area (Å²) in [6, 6.07) is 22.7. The molecule has 0 N–H and O–H groups in total. The molecule has 0 heterocycles. The summed E-state index contributed by atoms with van der Waals surface area (Å²) in [5.41, 5.74) is 5.47. The van der Waals surface area contributed by atoms with Gasteiger partial charge < -0.3 is 14.3 Å². The Balaban J connectivity index is 2.13. The van der Waals surface area contributed by atoms with Gasteiger partial charge in [-0.15, -0.1) is 0 Å². The Kier molecular flexibility index (Phi) is 8.33. The normalized spacial score (nSPS) is 13.5. The minimum atomic E-state index is -0.247. The number of rotatable bonds is 9. The smallest absolute Gasteiger partial charge is 0.165 e. The van der Waals surface area contributed by atoms with E-state index in [1.54, 1.807) is 7.11 Å². The van der Waals surface area contributed by atoms with E-state index in [9.17, 15) is 4.79 Å². The van der Waals surface area contributed by atoms with Crippen LogP contribution in [-0.2, 0) is 16.8 Å². The zero-order valence-electron chi connectivity index (χ0n) is 21.2. The second-order valence-corrected chi connectivity index (χ2v) is 9.72. The van der Waals surface area contributed by atoms with Crippen molar-refractivity contribution in [3.05, 3.63) is 101 Å². The minimum Gasteiger partial charge on any atom is -0.493 e. The van der Waals surface area contributed by atoms with E-state index in [4.69, 9.17) is 9.47 Å². The molecule has 0 aliphatic heterocycles.